The lowest BCUT2D eigenvalue weighted by molar-refractivity contribution is 1.09. The number of benzene rings is 12. The molecule has 68 heavy (non-hydrogen) atoms. The third-order valence-corrected chi connectivity index (χ3v) is 14.6. The summed E-state index contributed by atoms with van der Waals surface area (Å²) in [4.78, 5) is 4.97. The van der Waals surface area contributed by atoms with Gasteiger partial charge in [0.05, 0.1) is 0 Å². The molecule has 0 radical (unpaired) electrons. The van der Waals surface area contributed by atoms with Crippen molar-refractivity contribution in [1.29, 1.82) is 0 Å². The summed E-state index contributed by atoms with van der Waals surface area (Å²) in [5.74, 6) is 0. The summed E-state index contributed by atoms with van der Waals surface area (Å²) in [6.07, 6.45) is 1.82. The van der Waals surface area contributed by atoms with Crippen LogP contribution in [-0.4, -0.2) is 0 Å². The minimum absolute atomic E-state index is 0.912. The molecule has 0 saturated carbocycles. The van der Waals surface area contributed by atoms with Crippen LogP contribution < -0.4 is 9.80 Å². The number of hydrogen-bond donors (Lipinski definition) is 0. The van der Waals surface area contributed by atoms with Gasteiger partial charge >= 0.3 is 0 Å². The van der Waals surface area contributed by atoms with E-state index in [0.29, 0.717) is 0 Å². The number of anilines is 6. The summed E-state index contributed by atoms with van der Waals surface area (Å²) < 4.78 is 0. The molecule has 2 aliphatic rings. The van der Waals surface area contributed by atoms with Crippen LogP contribution in [0.3, 0.4) is 0 Å². The van der Waals surface area contributed by atoms with Gasteiger partial charge in [0, 0.05) is 47.0 Å². The lowest BCUT2D eigenvalue weighted by atomic mass is 9.83. The average Bonchev–Trinajstić information content (AvgIpc) is 3.40. The molecule has 0 aromatic heterocycles. The zero-order valence-electron chi connectivity index (χ0n) is 37.4. The number of fused-ring (bicyclic) bond motifs is 8. The van der Waals surface area contributed by atoms with Crippen molar-refractivity contribution in [2.45, 2.75) is 12.8 Å². The third kappa shape index (κ3) is 6.11. The second-order valence-electron chi connectivity index (χ2n) is 18.4. The molecule has 0 fully saturated rings. The van der Waals surface area contributed by atoms with Gasteiger partial charge in [-0.2, -0.15) is 0 Å². The first-order valence-corrected chi connectivity index (χ1v) is 23.7. The standard InChI is InChI=1S/C66H44N2/c1-2-15-43(16-3-1)45-29-30-47-38-52(32-31-46(47)37-45)65-57-35-33-54(68-63-27-12-7-20-50(63)40-51-21-8-13-28-64(51)68)42-60(57)66(56-24-14-22-44-17-4-9-23-55(44)56)58-36-34-53(41-59(58)65)67-61-25-10-5-18-48(61)39-49-19-6-11-26-62(49)67/h1-38,41-42H,39-40H2. The number of nitrogens with zero attached hydrogens (tertiary/aromatic N) is 2. The maximum Gasteiger partial charge on any atom is 0.0497 e. The van der Waals surface area contributed by atoms with Gasteiger partial charge < -0.3 is 9.80 Å². The fourth-order valence-corrected chi connectivity index (χ4v) is 11.5. The molecular formula is C66H44N2. The van der Waals surface area contributed by atoms with Gasteiger partial charge in [-0.25, -0.2) is 0 Å². The SMILES string of the molecule is c1ccc(-c2ccc3cc(-c4c5cc(N6c7ccccc7Cc7ccccc76)ccc5c(-c5cccc6ccccc56)c5cc(N6c7ccccc7Cc7ccccc76)ccc45)ccc3c2)cc1. The first kappa shape index (κ1) is 38.5. The maximum absolute atomic E-state index is 2.49. The zero-order valence-corrected chi connectivity index (χ0v) is 37.4. The van der Waals surface area contributed by atoms with E-state index in [0.717, 1.165) is 24.2 Å². The number of rotatable bonds is 5. The summed E-state index contributed by atoms with van der Waals surface area (Å²) in [5, 5.41) is 9.81. The van der Waals surface area contributed by atoms with E-state index in [-0.39, 0.29) is 0 Å². The number of hydrogen-bond acceptors (Lipinski definition) is 2. The largest absolute Gasteiger partial charge is 0.310 e. The van der Waals surface area contributed by atoms with Crippen molar-refractivity contribution in [2.24, 2.45) is 0 Å². The van der Waals surface area contributed by atoms with E-state index in [1.54, 1.807) is 0 Å². The molecule has 0 bridgehead atoms. The molecule has 0 atom stereocenters. The molecule has 12 aromatic carbocycles. The average molecular weight is 865 g/mol. The maximum atomic E-state index is 2.49. The molecule has 12 aromatic rings. The van der Waals surface area contributed by atoms with Crippen molar-refractivity contribution in [3.05, 3.63) is 265 Å². The zero-order chi connectivity index (χ0) is 44.7. The molecule has 0 saturated heterocycles. The Morgan fingerprint density at radius 1 is 0.250 bits per heavy atom. The van der Waals surface area contributed by atoms with Gasteiger partial charge in [0.1, 0.15) is 0 Å². The van der Waals surface area contributed by atoms with Crippen LogP contribution in [0.5, 0.6) is 0 Å². The Balaban J connectivity index is 1.09. The second-order valence-corrected chi connectivity index (χ2v) is 18.4. The summed E-state index contributed by atoms with van der Waals surface area (Å²) in [7, 11) is 0. The predicted molar refractivity (Wildman–Crippen MR) is 288 cm³/mol. The van der Waals surface area contributed by atoms with E-state index in [1.807, 2.05) is 0 Å². The first-order chi connectivity index (χ1) is 33.7. The Morgan fingerprint density at radius 3 is 1.29 bits per heavy atom. The van der Waals surface area contributed by atoms with Crippen LogP contribution in [0, 0.1) is 0 Å². The fraction of sp³-hybridized carbons (Fsp3) is 0.0303. The van der Waals surface area contributed by atoms with Gasteiger partial charge in [-0.05, 0) is 159 Å². The third-order valence-electron chi connectivity index (χ3n) is 14.6. The molecule has 2 aliphatic heterocycles. The Kier molecular flexibility index (Phi) is 8.75. The van der Waals surface area contributed by atoms with Crippen LogP contribution in [0.2, 0.25) is 0 Å². The number of para-hydroxylation sites is 4. The monoisotopic (exact) mass is 864 g/mol. The van der Waals surface area contributed by atoms with Crippen molar-refractivity contribution in [3.8, 4) is 33.4 Å². The molecule has 0 N–H and O–H groups in total. The molecular weight excluding hydrogens is 821 g/mol. The van der Waals surface area contributed by atoms with E-state index < -0.39 is 0 Å². The van der Waals surface area contributed by atoms with Crippen LogP contribution in [-0.2, 0) is 12.8 Å². The van der Waals surface area contributed by atoms with Crippen molar-refractivity contribution in [1.82, 2.24) is 0 Å². The molecule has 318 valence electrons. The van der Waals surface area contributed by atoms with Crippen molar-refractivity contribution in [2.75, 3.05) is 9.80 Å². The van der Waals surface area contributed by atoms with Crippen LogP contribution in [0.15, 0.2) is 243 Å². The van der Waals surface area contributed by atoms with Crippen LogP contribution >= 0.6 is 0 Å². The Morgan fingerprint density at radius 2 is 0.706 bits per heavy atom. The summed E-state index contributed by atoms with van der Waals surface area (Å²) in [5.41, 5.74) is 19.9. The van der Waals surface area contributed by atoms with Gasteiger partial charge in [0.2, 0.25) is 0 Å². The first-order valence-electron chi connectivity index (χ1n) is 23.7. The van der Waals surface area contributed by atoms with Crippen LogP contribution in [0.4, 0.5) is 34.1 Å². The molecule has 0 unspecified atom stereocenters. The summed E-state index contributed by atoms with van der Waals surface area (Å²) >= 11 is 0. The molecule has 2 heterocycles. The topological polar surface area (TPSA) is 6.48 Å². The van der Waals surface area contributed by atoms with Crippen LogP contribution in [0.25, 0.3) is 76.5 Å². The Hall–Kier alpha value is -8.72. The highest BCUT2D eigenvalue weighted by Crippen LogP contribution is 2.52. The molecule has 14 rings (SSSR count). The van der Waals surface area contributed by atoms with Gasteiger partial charge in [-0.15, -0.1) is 0 Å². The van der Waals surface area contributed by atoms with Crippen molar-refractivity contribution >= 4 is 77.2 Å². The molecule has 0 spiro atoms. The predicted octanol–water partition coefficient (Wildman–Crippen LogP) is 18.0. The highest BCUT2D eigenvalue weighted by molar-refractivity contribution is 6.25. The molecule has 0 amide bonds. The lowest BCUT2D eigenvalue weighted by Crippen LogP contribution is -2.18. The minimum atomic E-state index is 0.912. The van der Waals surface area contributed by atoms with E-state index in [2.05, 4.69) is 252 Å². The van der Waals surface area contributed by atoms with Gasteiger partial charge in [-0.1, -0.05) is 182 Å². The van der Waals surface area contributed by atoms with Crippen molar-refractivity contribution in [3.63, 3.8) is 0 Å². The van der Waals surface area contributed by atoms with E-state index in [9.17, 15) is 0 Å². The van der Waals surface area contributed by atoms with Gasteiger partial charge in [0.25, 0.3) is 0 Å². The molecule has 2 nitrogen and oxygen atoms in total. The van der Waals surface area contributed by atoms with Gasteiger partial charge in [0.15, 0.2) is 0 Å². The second kappa shape index (κ2) is 15.4. The summed E-state index contributed by atoms with van der Waals surface area (Å²) in [6.45, 7) is 0. The lowest BCUT2D eigenvalue weighted by Gasteiger charge is -2.34. The highest BCUT2D eigenvalue weighted by atomic mass is 15.2. The summed E-state index contributed by atoms with van der Waals surface area (Å²) in [6, 6.07) is 90.5. The minimum Gasteiger partial charge on any atom is -0.310 e. The fourth-order valence-electron chi connectivity index (χ4n) is 11.5. The Bertz CT molecular complexity index is 3900. The Labute approximate surface area is 396 Å². The highest BCUT2D eigenvalue weighted by Gasteiger charge is 2.28. The molecule has 2 heteroatoms. The van der Waals surface area contributed by atoms with E-state index in [4.69, 9.17) is 0 Å². The van der Waals surface area contributed by atoms with Crippen LogP contribution in [0.1, 0.15) is 22.3 Å². The van der Waals surface area contributed by atoms with E-state index in [1.165, 1.54) is 121 Å². The van der Waals surface area contributed by atoms with E-state index >= 15 is 0 Å². The quantitative estimate of drug-likeness (QED) is 0.159. The van der Waals surface area contributed by atoms with Gasteiger partial charge in [-0.3, -0.25) is 0 Å². The smallest absolute Gasteiger partial charge is 0.0497 e. The molecule has 0 aliphatic carbocycles. The van der Waals surface area contributed by atoms with Crippen molar-refractivity contribution < 1.29 is 0 Å². The normalized spacial score (nSPS) is 12.8.